The molecule has 0 aliphatic heterocycles. The van der Waals surface area contributed by atoms with Crippen molar-refractivity contribution in [1.82, 2.24) is 14.8 Å². The molecule has 10 heteroatoms. The molecule has 0 aliphatic rings. The molecule has 2 rings (SSSR count). The smallest absolute Gasteiger partial charge is 0.267 e. The highest BCUT2D eigenvalue weighted by Crippen LogP contribution is 2.26. The maximum Gasteiger partial charge on any atom is 0.267 e. The van der Waals surface area contributed by atoms with E-state index in [1.807, 2.05) is 0 Å². The van der Waals surface area contributed by atoms with Crippen molar-refractivity contribution in [2.75, 3.05) is 10.5 Å². The number of nitrogens with two attached hydrogens (primary N) is 1. The Balaban J connectivity index is 2.49. The van der Waals surface area contributed by atoms with Crippen LogP contribution in [0.25, 0.3) is 0 Å². The number of nitrogens with zero attached hydrogens (tertiary/aromatic N) is 3. The predicted molar refractivity (Wildman–Crippen MR) is 67.6 cm³/mol. The minimum atomic E-state index is -4.19. The number of halogens is 2. The van der Waals surface area contributed by atoms with E-state index in [1.54, 1.807) is 0 Å². The van der Waals surface area contributed by atoms with Gasteiger partial charge in [0.05, 0.1) is 5.69 Å². The maximum absolute atomic E-state index is 13.8. The van der Waals surface area contributed by atoms with Crippen molar-refractivity contribution < 1.29 is 12.8 Å². The zero-order valence-corrected chi connectivity index (χ0v) is 11.2. The number of nitrogen functional groups attached to an aromatic ring is 1. The van der Waals surface area contributed by atoms with Crippen LogP contribution < -0.4 is 10.5 Å². The van der Waals surface area contributed by atoms with Crippen molar-refractivity contribution in [2.45, 2.75) is 4.90 Å². The predicted octanol–water partition coefficient (Wildman–Crippen LogP) is 0.991. The molecule has 0 unspecified atom stereocenters. The van der Waals surface area contributed by atoms with Gasteiger partial charge in [-0.3, -0.25) is 0 Å². The van der Waals surface area contributed by atoms with Crippen molar-refractivity contribution in [3.05, 3.63) is 29.3 Å². The van der Waals surface area contributed by atoms with Crippen LogP contribution in [0.15, 0.2) is 23.4 Å². The highest BCUT2D eigenvalue weighted by Gasteiger charge is 2.23. The molecule has 2 aromatic rings. The Bertz CT molecular complexity index is 730. The third-order valence-corrected chi connectivity index (χ3v) is 3.80. The first-order chi connectivity index (χ1) is 8.81. The number of aromatic nitrogens is 3. The SMILES string of the molecule is Cn1ncnc1NS(=O)(=O)c1cc(Cl)cc(N)c1F. The number of benzene rings is 1. The van der Waals surface area contributed by atoms with Gasteiger partial charge < -0.3 is 5.73 Å². The van der Waals surface area contributed by atoms with Crippen molar-refractivity contribution in [3.63, 3.8) is 0 Å². The van der Waals surface area contributed by atoms with Gasteiger partial charge in [0.1, 0.15) is 11.2 Å². The molecule has 1 aromatic carbocycles. The summed E-state index contributed by atoms with van der Waals surface area (Å²) < 4.78 is 41.1. The summed E-state index contributed by atoms with van der Waals surface area (Å²) in [5.41, 5.74) is 4.98. The lowest BCUT2D eigenvalue weighted by molar-refractivity contribution is 0.572. The average Bonchev–Trinajstić information content (AvgIpc) is 2.69. The van der Waals surface area contributed by atoms with E-state index in [4.69, 9.17) is 17.3 Å². The fourth-order valence-corrected chi connectivity index (χ4v) is 2.81. The van der Waals surface area contributed by atoms with Gasteiger partial charge in [-0.15, -0.1) is 0 Å². The van der Waals surface area contributed by atoms with E-state index in [-0.39, 0.29) is 16.7 Å². The normalized spacial score (nSPS) is 11.5. The van der Waals surface area contributed by atoms with Gasteiger partial charge in [-0.2, -0.15) is 10.1 Å². The first-order valence-electron chi connectivity index (χ1n) is 4.92. The third-order valence-electron chi connectivity index (χ3n) is 2.26. The van der Waals surface area contributed by atoms with Crippen LogP contribution in [0.1, 0.15) is 0 Å². The molecule has 0 spiro atoms. The molecule has 0 saturated heterocycles. The summed E-state index contributed by atoms with van der Waals surface area (Å²) in [5.74, 6) is -1.13. The Morgan fingerprint density at radius 1 is 1.47 bits per heavy atom. The van der Waals surface area contributed by atoms with E-state index in [0.717, 1.165) is 18.5 Å². The van der Waals surface area contributed by atoms with E-state index in [0.29, 0.717) is 0 Å². The molecule has 0 radical (unpaired) electrons. The maximum atomic E-state index is 13.8. The summed E-state index contributed by atoms with van der Waals surface area (Å²) >= 11 is 5.67. The Morgan fingerprint density at radius 2 is 2.16 bits per heavy atom. The van der Waals surface area contributed by atoms with Gasteiger partial charge in [0.25, 0.3) is 10.0 Å². The van der Waals surface area contributed by atoms with Gasteiger partial charge in [-0.1, -0.05) is 11.6 Å². The summed E-state index contributed by atoms with van der Waals surface area (Å²) in [4.78, 5) is 3.02. The number of anilines is 2. The number of sulfonamides is 1. The lowest BCUT2D eigenvalue weighted by Crippen LogP contribution is -2.18. The number of hydrogen-bond acceptors (Lipinski definition) is 5. The second-order valence-electron chi connectivity index (χ2n) is 3.62. The number of rotatable bonds is 3. The van der Waals surface area contributed by atoms with E-state index >= 15 is 0 Å². The highest BCUT2D eigenvalue weighted by atomic mass is 35.5. The molecule has 0 bridgehead atoms. The van der Waals surface area contributed by atoms with Crippen molar-refractivity contribution in [1.29, 1.82) is 0 Å². The molecular formula is C9H9ClFN5O2S. The fraction of sp³-hybridized carbons (Fsp3) is 0.111. The van der Waals surface area contributed by atoms with Gasteiger partial charge in [0.2, 0.25) is 5.95 Å². The van der Waals surface area contributed by atoms with Crippen LogP contribution in [-0.2, 0) is 17.1 Å². The highest BCUT2D eigenvalue weighted by molar-refractivity contribution is 7.92. The van der Waals surface area contributed by atoms with Crippen LogP contribution in [0.5, 0.6) is 0 Å². The topological polar surface area (TPSA) is 103 Å². The minimum absolute atomic E-state index is 0.0113. The van der Waals surface area contributed by atoms with Crippen molar-refractivity contribution >= 4 is 33.3 Å². The van der Waals surface area contributed by atoms with Gasteiger partial charge in [-0.25, -0.2) is 22.2 Å². The molecule has 1 heterocycles. The summed E-state index contributed by atoms with van der Waals surface area (Å²) in [6.07, 6.45) is 1.15. The van der Waals surface area contributed by atoms with Crippen LogP contribution >= 0.6 is 11.6 Å². The number of aryl methyl sites for hydroxylation is 1. The largest absolute Gasteiger partial charge is 0.396 e. The second kappa shape index (κ2) is 4.67. The molecule has 0 aliphatic carbocycles. The Labute approximate surface area is 113 Å². The zero-order chi connectivity index (χ0) is 14.2. The van der Waals surface area contributed by atoms with Crippen LogP contribution in [0.3, 0.4) is 0 Å². The molecule has 102 valence electrons. The van der Waals surface area contributed by atoms with Crippen molar-refractivity contribution in [2.24, 2.45) is 7.05 Å². The lowest BCUT2D eigenvalue weighted by Gasteiger charge is -2.09. The first kappa shape index (κ1) is 13.6. The fourth-order valence-electron chi connectivity index (χ4n) is 1.34. The first-order valence-corrected chi connectivity index (χ1v) is 6.78. The quantitative estimate of drug-likeness (QED) is 0.823. The Kier molecular flexibility index (Phi) is 3.33. The molecule has 0 fully saturated rings. The van der Waals surface area contributed by atoms with E-state index < -0.39 is 20.7 Å². The van der Waals surface area contributed by atoms with E-state index in [2.05, 4.69) is 14.8 Å². The molecule has 1 aromatic heterocycles. The molecule has 0 atom stereocenters. The number of hydrogen-bond donors (Lipinski definition) is 2. The number of nitrogens with one attached hydrogen (secondary N) is 1. The van der Waals surface area contributed by atoms with Crippen LogP contribution in [-0.4, -0.2) is 23.2 Å². The average molecular weight is 306 g/mol. The molecule has 0 saturated carbocycles. The monoisotopic (exact) mass is 305 g/mol. The van der Waals surface area contributed by atoms with E-state index in [1.165, 1.54) is 11.7 Å². The molecule has 3 N–H and O–H groups in total. The Morgan fingerprint density at radius 3 is 2.74 bits per heavy atom. The molecule has 19 heavy (non-hydrogen) atoms. The standard InChI is InChI=1S/C9H9ClFN5O2S/c1-16-9(13-4-14-16)15-19(17,18)7-3-5(10)2-6(12)8(7)11/h2-4H,12H2,1H3,(H,13,14,15). The van der Waals surface area contributed by atoms with Crippen LogP contribution in [0, 0.1) is 5.82 Å². The minimum Gasteiger partial charge on any atom is -0.396 e. The summed E-state index contributed by atoms with van der Waals surface area (Å²) in [6.45, 7) is 0. The van der Waals surface area contributed by atoms with Crippen molar-refractivity contribution in [3.8, 4) is 0 Å². The molecular weight excluding hydrogens is 297 g/mol. The van der Waals surface area contributed by atoms with Gasteiger partial charge in [0.15, 0.2) is 5.82 Å². The summed E-state index contributed by atoms with van der Waals surface area (Å²) in [5, 5.41) is 3.70. The Hall–Kier alpha value is -1.87. The second-order valence-corrected chi connectivity index (χ2v) is 5.71. The summed E-state index contributed by atoms with van der Waals surface area (Å²) in [7, 11) is -2.71. The van der Waals surface area contributed by atoms with Gasteiger partial charge >= 0.3 is 0 Å². The molecule has 7 nitrogen and oxygen atoms in total. The van der Waals surface area contributed by atoms with Gasteiger partial charge in [-0.05, 0) is 12.1 Å². The summed E-state index contributed by atoms with van der Waals surface area (Å²) in [6, 6.07) is 2.09. The van der Waals surface area contributed by atoms with Crippen LogP contribution in [0.4, 0.5) is 16.0 Å². The van der Waals surface area contributed by atoms with Crippen LogP contribution in [0.2, 0.25) is 5.02 Å². The third kappa shape index (κ3) is 2.61. The zero-order valence-electron chi connectivity index (χ0n) is 9.63. The van der Waals surface area contributed by atoms with Gasteiger partial charge in [0, 0.05) is 12.1 Å². The van der Waals surface area contributed by atoms with E-state index in [9.17, 15) is 12.8 Å². The lowest BCUT2D eigenvalue weighted by atomic mass is 10.3. The molecule has 0 amide bonds.